The molecule has 0 aliphatic heterocycles. The topological polar surface area (TPSA) is 12.0 Å². The van der Waals surface area contributed by atoms with Crippen LogP contribution in [0.2, 0.25) is 0 Å². The molecule has 0 spiro atoms. The number of hydrogen-bond donors (Lipinski definition) is 1. The summed E-state index contributed by atoms with van der Waals surface area (Å²) < 4.78 is 0. The molecule has 1 nitrogen and oxygen atoms in total. The molecule has 0 radical (unpaired) electrons. The molecule has 1 saturated carbocycles. The molecule has 1 N–H and O–H groups in total. The third-order valence-corrected chi connectivity index (χ3v) is 3.35. The second kappa shape index (κ2) is 6.44. The van der Waals surface area contributed by atoms with Gasteiger partial charge in [-0.15, -0.1) is 0 Å². The normalized spacial score (nSPS) is 27.5. The SMILES string of the molecule is CC1CCCC(/C=C/CCNC(C)(C)C)C1. The molecule has 1 heteroatoms. The van der Waals surface area contributed by atoms with Crippen LogP contribution >= 0.6 is 0 Å². The molecule has 1 fully saturated rings. The van der Waals surface area contributed by atoms with Gasteiger partial charge in [-0.05, 0) is 58.4 Å². The lowest BCUT2D eigenvalue weighted by molar-refractivity contribution is 0.325. The van der Waals surface area contributed by atoms with Crippen LogP contribution in [-0.2, 0) is 0 Å². The lowest BCUT2D eigenvalue weighted by Gasteiger charge is -2.24. The number of allylic oxidation sites excluding steroid dienone is 1. The van der Waals surface area contributed by atoms with Gasteiger partial charge in [-0.3, -0.25) is 0 Å². The molecule has 16 heavy (non-hydrogen) atoms. The van der Waals surface area contributed by atoms with Crippen molar-refractivity contribution in [3.05, 3.63) is 12.2 Å². The summed E-state index contributed by atoms with van der Waals surface area (Å²) in [6, 6.07) is 0. The van der Waals surface area contributed by atoms with Gasteiger partial charge in [0, 0.05) is 5.54 Å². The maximum absolute atomic E-state index is 3.52. The number of nitrogens with one attached hydrogen (secondary N) is 1. The molecule has 1 aliphatic rings. The molecular weight excluding hydrogens is 194 g/mol. The molecule has 0 amide bonds. The first-order valence-electron chi connectivity index (χ1n) is 6.89. The van der Waals surface area contributed by atoms with E-state index in [0.29, 0.717) is 0 Å². The molecule has 1 rings (SSSR count). The van der Waals surface area contributed by atoms with Crippen molar-refractivity contribution in [1.82, 2.24) is 5.32 Å². The second-order valence-corrected chi connectivity index (χ2v) is 6.43. The first-order chi connectivity index (χ1) is 7.47. The van der Waals surface area contributed by atoms with Crippen molar-refractivity contribution in [3.8, 4) is 0 Å². The van der Waals surface area contributed by atoms with E-state index < -0.39 is 0 Å². The molecule has 94 valence electrons. The number of rotatable bonds is 4. The Morgan fingerprint density at radius 2 is 2.00 bits per heavy atom. The van der Waals surface area contributed by atoms with Gasteiger partial charge >= 0.3 is 0 Å². The van der Waals surface area contributed by atoms with Crippen molar-refractivity contribution in [2.75, 3.05) is 6.54 Å². The van der Waals surface area contributed by atoms with E-state index in [2.05, 4.69) is 45.2 Å². The van der Waals surface area contributed by atoms with Gasteiger partial charge in [0.2, 0.25) is 0 Å². The lowest BCUT2D eigenvalue weighted by atomic mass is 9.82. The predicted octanol–water partition coefficient (Wildman–Crippen LogP) is 4.15. The molecule has 1 aliphatic carbocycles. The van der Waals surface area contributed by atoms with Crippen LogP contribution in [0.1, 0.15) is 59.8 Å². The Kier molecular flexibility index (Phi) is 5.54. The van der Waals surface area contributed by atoms with E-state index in [-0.39, 0.29) is 5.54 Å². The highest BCUT2D eigenvalue weighted by molar-refractivity contribution is 4.91. The van der Waals surface area contributed by atoms with Gasteiger partial charge in [0.05, 0.1) is 0 Å². The van der Waals surface area contributed by atoms with Crippen LogP contribution in [0.15, 0.2) is 12.2 Å². The predicted molar refractivity (Wildman–Crippen MR) is 72.6 cm³/mol. The molecule has 0 aromatic heterocycles. The molecule has 0 heterocycles. The average Bonchev–Trinajstić information content (AvgIpc) is 2.15. The van der Waals surface area contributed by atoms with E-state index in [0.717, 1.165) is 18.4 Å². The summed E-state index contributed by atoms with van der Waals surface area (Å²) in [6.07, 6.45) is 11.7. The zero-order valence-corrected chi connectivity index (χ0v) is 11.6. The zero-order chi connectivity index (χ0) is 12.0. The Morgan fingerprint density at radius 1 is 1.25 bits per heavy atom. The van der Waals surface area contributed by atoms with Gasteiger partial charge < -0.3 is 5.32 Å². The lowest BCUT2D eigenvalue weighted by Crippen LogP contribution is -2.36. The van der Waals surface area contributed by atoms with Crippen molar-refractivity contribution < 1.29 is 0 Å². The number of hydrogen-bond acceptors (Lipinski definition) is 1. The van der Waals surface area contributed by atoms with E-state index >= 15 is 0 Å². The Labute approximate surface area is 102 Å². The second-order valence-electron chi connectivity index (χ2n) is 6.43. The van der Waals surface area contributed by atoms with E-state index in [1.807, 2.05) is 0 Å². The van der Waals surface area contributed by atoms with Gasteiger partial charge in [-0.25, -0.2) is 0 Å². The van der Waals surface area contributed by atoms with Gasteiger partial charge in [-0.1, -0.05) is 31.9 Å². The van der Waals surface area contributed by atoms with Crippen molar-refractivity contribution in [1.29, 1.82) is 0 Å². The molecule has 0 saturated heterocycles. The fraction of sp³-hybridized carbons (Fsp3) is 0.867. The summed E-state index contributed by atoms with van der Waals surface area (Å²) in [4.78, 5) is 0. The minimum atomic E-state index is 0.257. The Bertz CT molecular complexity index is 212. The van der Waals surface area contributed by atoms with E-state index in [4.69, 9.17) is 0 Å². The van der Waals surface area contributed by atoms with E-state index in [1.165, 1.54) is 32.1 Å². The summed E-state index contributed by atoms with van der Waals surface area (Å²) in [5.74, 6) is 1.80. The highest BCUT2D eigenvalue weighted by Gasteiger charge is 2.15. The summed E-state index contributed by atoms with van der Waals surface area (Å²) in [5.41, 5.74) is 0.257. The largest absolute Gasteiger partial charge is 0.312 e. The highest BCUT2D eigenvalue weighted by Crippen LogP contribution is 2.29. The molecule has 0 bridgehead atoms. The van der Waals surface area contributed by atoms with Crippen LogP contribution in [0.4, 0.5) is 0 Å². The van der Waals surface area contributed by atoms with Gasteiger partial charge in [0.15, 0.2) is 0 Å². The van der Waals surface area contributed by atoms with Gasteiger partial charge in [-0.2, -0.15) is 0 Å². The Balaban J connectivity index is 2.12. The maximum atomic E-state index is 3.52. The fourth-order valence-electron chi connectivity index (χ4n) is 2.47. The molecule has 0 aromatic rings. The van der Waals surface area contributed by atoms with E-state index in [1.54, 1.807) is 0 Å². The smallest absolute Gasteiger partial charge is 0.00966 e. The minimum Gasteiger partial charge on any atom is -0.312 e. The molecular formula is C15H29N. The van der Waals surface area contributed by atoms with Gasteiger partial charge in [0.25, 0.3) is 0 Å². The van der Waals surface area contributed by atoms with Crippen molar-refractivity contribution in [2.24, 2.45) is 11.8 Å². The van der Waals surface area contributed by atoms with Crippen LogP contribution in [-0.4, -0.2) is 12.1 Å². The minimum absolute atomic E-state index is 0.257. The van der Waals surface area contributed by atoms with Crippen LogP contribution in [0.25, 0.3) is 0 Å². The summed E-state index contributed by atoms with van der Waals surface area (Å²) in [7, 11) is 0. The van der Waals surface area contributed by atoms with Gasteiger partial charge in [0.1, 0.15) is 0 Å². The standard InChI is InChI=1S/C15H29N/c1-13-8-7-10-14(12-13)9-5-6-11-16-15(2,3)4/h5,9,13-14,16H,6-8,10-12H2,1-4H3/b9-5+. The zero-order valence-electron chi connectivity index (χ0n) is 11.6. The third-order valence-electron chi connectivity index (χ3n) is 3.35. The first-order valence-corrected chi connectivity index (χ1v) is 6.89. The van der Waals surface area contributed by atoms with Crippen LogP contribution in [0.3, 0.4) is 0 Å². The monoisotopic (exact) mass is 223 g/mol. The third kappa shape index (κ3) is 6.32. The first kappa shape index (κ1) is 13.8. The summed E-state index contributed by atoms with van der Waals surface area (Å²) in [6.45, 7) is 10.2. The maximum Gasteiger partial charge on any atom is 0.00966 e. The van der Waals surface area contributed by atoms with E-state index in [9.17, 15) is 0 Å². The van der Waals surface area contributed by atoms with Crippen molar-refractivity contribution in [2.45, 2.75) is 65.3 Å². The van der Waals surface area contributed by atoms with Crippen molar-refractivity contribution >= 4 is 0 Å². The summed E-state index contributed by atoms with van der Waals surface area (Å²) in [5, 5.41) is 3.52. The van der Waals surface area contributed by atoms with Crippen LogP contribution < -0.4 is 5.32 Å². The average molecular weight is 223 g/mol. The van der Waals surface area contributed by atoms with Crippen LogP contribution in [0, 0.1) is 11.8 Å². The molecule has 2 unspecified atom stereocenters. The molecule has 2 atom stereocenters. The Hall–Kier alpha value is -0.300. The van der Waals surface area contributed by atoms with Crippen LogP contribution in [0.5, 0.6) is 0 Å². The molecule has 0 aromatic carbocycles. The fourth-order valence-corrected chi connectivity index (χ4v) is 2.47. The quantitative estimate of drug-likeness (QED) is 0.558. The summed E-state index contributed by atoms with van der Waals surface area (Å²) >= 11 is 0. The van der Waals surface area contributed by atoms with Crippen molar-refractivity contribution in [3.63, 3.8) is 0 Å². The Morgan fingerprint density at radius 3 is 2.62 bits per heavy atom. The highest BCUT2D eigenvalue weighted by atomic mass is 14.9.